The van der Waals surface area contributed by atoms with Crippen molar-refractivity contribution in [3.05, 3.63) is 64.9 Å². The molecule has 0 bridgehead atoms. The van der Waals surface area contributed by atoms with Crippen LogP contribution in [-0.4, -0.2) is 63.5 Å². The van der Waals surface area contributed by atoms with E-state index in [0.29, 0.717) is 0 Å². The zero-order valence-corrected chi connectivity index (χ0v) is 20.3. The van der Waals surface area contributed by atoms with Gasteiger partial charge < -0.3 is 14.9 Å². The number of alkyl halides is 3. The largest absolute Gasteiger partial charge is 0.417 e. The number of hydrogen-bond acceptors (Lipinski definition) is 6. The maximum atomic E-state index is 14.5. The second-order valence-corrected chi connectivity index (χ2v) is 9.87. The number of aromatic nitrogens is 2. The van der Waals surface area contributed by atoms with Crippen LogP contribution < -0.4 is 10.6 Å². The highest BCUT2D eigenvalue weighted by molar-refractivity contribution is 7.99. The molecule has 2 aliphatic heterocycles. The van der Waals surface area contributed by atoms with Crippen molar-refractivity contribution in [3.63, 3.8) is 0 Å². The molecule has 1 fully saturated rings. The molecule has 2 aromatic carbocycles. The molecule has 1 aromatic heterocycles. The Morgan fingerprint density at radius 3 is 2.46 bits per heavy atom. The number of hydrogen-bond donors (Lipinski definition) is 1. The predicted molar refractivity (Wildman–Crippen MR) is 132 cm³/mol. The number of carbonyl (C=O) groups excluding carboxylic acids is 1. The summed E-state index contributed by atoms with van der Waals surface area (Å²) in [5, 5.41) is 10.6. The molecule has 1 amide bonds. The van der Waals surface area contributed by atoms with Gasteiger partial charge in [0, 0.05) is 47.8 Å². The number of anilines is 1. The molecule has 3 aromatic rings. The van der Waals surface area contributed by atoms with Crippen molar-refractivity contribution in [2.45, 2.75) is 23.7 Å². The summed E-state index contributed by atoms with van der Waals surface area (Å²) < 4.78 is 58.3. The van der Waals surface area contributed by atoms with E-state index in [-0.39, 0.29) is 77.1 Å². The minimum Gasteiger partial charge on any atom is -0.390 e. The van der Waals surface area contributed by atoms with Crippen molar-refractivity contribution >= 4 is 34.4 Å². The Labute approximate surface area is 213 Å². The second kappa shape index (κ2) is 9.49. The monoisotopic (exact) mass is 534 g/mol. The van der Waals surface area contributed by atoms with Crippen molar-refractivity contribution in [1.29, 1.82) is 0 Å². The van der Waals surface area contributed by atoms with Gasteiger partial charge in [-0.3, -0.25) is 9.36 Å². The lowest BCUT2D eigenvalue weighted by Gasteiger charge is -2.35. The van der Waals surface area contributed by atoms with E-state index in [1.807, 2.05) is 0 Å². The summed E-state index contributed by atoms with van der Waals surface area (Å²) >= 11 is 1.02. The maximum Gasteiger partial charge on any atom is 0.417 e. The summed E-state index contributed by atoms with van der Waals surface area (Å²) in [7, 11) is 0. The zero-order chi connectivity index (χ0) is 26.5. The summed E-state index contributed by atoms with van der Waals surface area (Å²) in [6, 6.07) is 5.68. The molecule has 0 unspecified atom stereocenters. The Bertz CT molecular complexity index is 1450. The molecular formula is C25H22F4N4O3S. The van der Waals surface area contributed by atoms with Crippen molar-refractivity contribution in [2.24, 2.45) is 0 Å². The van der Waals surface area contributed by atoms with Crippen LogP contribution >= 0.6 is 11.8 Å². The highest BCUT2D eigenvalue weighted by Gasteiger charge is 2.38. The van der Waals surface area contributed by atoms with Crippen LogP contribution in [0.25, 0.3) is 22.0 Å². The lowest BCUT2D eigenvalue weighted by atomic mass is 9.96. The van der Waals surface area contributed by atoms with Gasteiger partial charge >= 0.3 is 11.9 Å². The third-order valence-corrected chi connectivity index (χ3v) is 7.75. The average Bonchev–Trinajstić information content (AvgIpc) is 3.05. The maximum absolute atomic E-state index is 14.5. The van der Waals surface area contributed by atoms with Crippen LogP contribution in [0.4, 0.5) is 23.4 Å². The molecule has 37 heavy (non-hydrogen) atoms. The van der Waals surface area contributed by atoms with E-state index in [1.54, 1.807) is 9.80 Å². The number of piperazine rings is 1. The molecule has 2 aliphatic rings. The standard InChI is InChI=1S/C25H22F4N4O3S/c1-2-19(35)31-7-9-32(10-8-31)23-17-11-18(25(27,28)29)20(14-3-5-15(26)6-4-14)22-21(17)33(24(36)30-23)12-16(34)13-37-22/h2-6,11,16,34H,1,7-10,12-13H2/t16-/m1/s1. The third-order valence-electron chi connectivity index (χ3n) is 6.52. The van der Waals surface area contributed by atoms with Crippen molar-refractivity contribution in [1.82, 2.24) is 14.5 Å². The Hall–Kier alpha value is -3.38. The van der Waals surface area contributed by atoms with Crippen molar-refractivity contribution < 1.29 is 27.5 Å². The molecule has 3 heterocycles. The summed E-state index contributed by atoms with van der Waals surface area (Å²) in [6.07, 6.45) is -4.57. The molecule has 1 atom stereocenters. The van der Waals surface area contributed by atoms with E-state index in [2.05, 4.69) is 11.6 Å². The molecule has 7 nitrogen and oxygen atoms in total. The van der Waals surface area contributed by atoms with Gasteiger partial charge in [-0.25, -0.2) is 9.18 Å². The van der Waals surface area contributed by atoms with Gasteiger partial charge in [-0.05, 0) is 29.8 Å². The number of rotatable bonds is 3. The smallest absolute Gasteiger partial charge is 0.390 e. The minimum absolute atomic E-state index is 0.0589. The fourth-order valence-corrected chi connectivity index (χ4v) is 5.98. The van der Waals surface area contributed by atoms with Crippen LogP contribution in [0.5, 0.6) is 0 Å². The van der Waals surface area contributed by atoms with Crippen LogP contribution in [0.3, 0.4) is 0 Å². The van der Waals surface area contributed by atoms with Crippen molar-refractivity contribution in [3.8, 4) is 11.1 Å². The number of nitrogens with zero attached hydrogens (tertiary/aromatic N) is 4. The van der Waals surface area contributed by atoms with E-state index < -0.39 is 29.4 Å². The first kappa shape index (κ1) is 25.3. The highest BCUT2D eigenvalue weighted by atomic mass is 32.2. The van der Waals surface area contributed by atoms with Gasteiger partial charge in [-0.2, -0.15) is 18.2 Å². The predicted octanol–water partition coefficient (Wildman–Crippen LogP) is 3.52. The number of aliphatic hydroxyl groups excluding tert-OH is 1. The van der Waals surface area contributed by atoms with Gasteiger partial charge in [0.25, 0.3) is 0 Å². The van der Waals surface area contributed by atoms with E-state index in [1.165, 1.54) is 22.8 Å². The first-order chi connectivity index (χ1) is 17.6. The molecule has 0 spiro atoms. The Morgan fingerprint density at radius 2 is 1.84 bits per heavy atom. The number of amides is 1. The number of carbonyl (C=O) groups is 1. The Balaban J connectivity index is 1.79. The van der Waals surface area contributed by atoms with Crippen LogP contribution in [0.1, 0.15) is 5.56 Å². The molecular weight excluding hydrogens is 512 g/mol. The van der Waals surface area contributed by atoms with Crippen LogP contribution in [0.15, 0.2) is 52.7 Å². The summed E-state index contributed by atoms with van der Waals surface area (Å²) in [4.78, 5) is 32.7. The van der Waals surface area contributed by atoms with Crippen molar-refractivity contribution in [2.75, 3.05) is 36.8 Å². The highest BCUT2D eigenvalue weighted by Crippen LogP contribution is 2.48. The molecule has 12 heteroatoms. The van der Waals surface area contributed by atoms with Crippen LogP contribution in [0.2, 0.25) is 0 Å². The van der Waals surface area contributed by atoms with Crippen LogP contribution in [0, 0.1) is 5.82 Å². The van der Waals surface area contributed by atoms with Gasteiger partial charge in [0.05, 0.1) is 23.7 Å². The molecule has 0 saturated carbocycles. The van der Waals surface area contributed by atoms with Gasteiger partial charge in [0.15, 0.2) is 0 Å². The first-order valence-electron chi connectivity index (χ1n) is 11.5. The normalized spacial score (nSPS) is 18.1. The summed E-state index contributed by atoms with van der Waals surface area (Å²) in [5.41, 5.74) is -1.43. The molecule has 1 saturated heterocycles. The van der Waals surface area contributed by atoms with Gasteiger partial charge in [0.2, 0.25) is 5.91 Å². The van der Waals surface area contributed by atoms with Gasteiger partial charge in [-0.15, -0.1) is 11.8 Å². The van der Waals surface area contributed by atoms with E-state index in [4.69, 9.17) is 0 Å². The number of benzene rings is 2. The minimum atomic E-state index is -4.77. The fraction of sp³-hybridized carbons (Fsp3) is 0.320. The molecule has 194 valence electrons. The quantitative estimate of drug-likeness (QED) is 0.409. The second-order valence-electron chi connectivity index (χ2n) is 8.84. The topological polar surface area (TPSA) is 78.7 Å². The first-order valence-corrected chi connectivity index (χ1v) is 12.5. The van der Waals surface area contributed by atoms with E-state index >= 15 is 0 Å². The van der Waals surface area contributed by atoms with E-state index in [0.717, 1.165) is 30.0 Å². The summed E-state index contributed by atoms with van der Waals surface area (Å²) in [5.74, 6) is -0.695. The molecule has 0 aliphatic carbocycles. The SMILES string of the molecule is C=CC(=O)N1CCN(c2nc(=O)n3c4c(c(-c5ccc(F)cc5)c(C(F)(F)F)cc24)SC[C@H](O)C3)CC1. The number of thioether (sulfide) groups is 1. The lowest BCUT2D eigenvalue weighted by molar-refractivity contribution is -0.137. The summed E-state index contributed by atoms with van der Waals surface area (Å²) in [6.45, 7) is 4.45. The molecule has 0 radical (unpaired) electrons. The molecule has 1 N–H and O–H groups in total. The molecule has 5 rings (SSSR count). The average molecular weight is 535 g/mol. The Kier molecular flexibility index (Phi) is 6.48. The van der Waals surface area contributed by atoms with Crippen LogP contribution in [-0.2, 0) is 17.5 Å². The fourth-order valence-electron chi connectivity index (χ4n) is 4.78. The number of aliphatic hydroxyl groups is 1. The van der Waals surface area contributed by atoms with E-state index in [9.17, 15) is 32.3 Å². The zero-order valence-electron chi connectivity index (χ0n) is 19.5. The van der Waals surface area contributed by atoms with Gasteiger partial charge in [-0.1, -0.05) is 18.7 Å². The lowest BCUT2D eigenvalue weighted by Crippen LogP contribution is -2.49. The Morgan fingerprint density at radius 1 is 1.16 bits per heavy atom. The third kappa shape index (κ3) is 4.59. The number of halogens is 4. The van der Waals surface area contributed by atoms with Gasteiger partial charge in [0.1, 0.15) is 11.6 Å².